The van der Waals surface area contributed by atoms with Gasteiger partial charge in [-0.25, -0.2) is 4.39 Å². The zero-order valence-corrected chi connectivity index (χ0v) is 5.08. The highest BCUT2D eigenvalue weighted by molar-refractivity contribution is 5.78. The third-order valence-corrected chi connectivity index (χ3v) is 0.979. The third kappa shape index (κ3) is 1.55. The molecule has 0 aliphatic rings. The molecule has 0 aliphatic carbocycles. The molecule has 1 rings (SSSR count). The summed E-state index contributed by atoms with van der Waals surface area (Å²) < 4.78 is 12.3. The fourth-order valence-electron chi connectivity index (χ4n) is 0.595. The lowest BCUT2D eigenvalue weighted by Crippen LogP contribution is -1.82. The van der Waals surface area contributed by atoms with Crippen molar-refractivity contribution in [3.8, 4) is 0 Å². The van der Waals surface area contributed by atoms with E-state index < -0.39 is 5.82 Å². The van der Waals surface area contributed by atoms with Crippen LogP contribution in [0.1, 0.15) is 5.56 Å². The Morgan fingerprint density at radius 1 is 1.60 bits per heavy atom. The Morgan fingerprint density at radius 2 is 2.40 bits per heavy atom. The molecular formula is C7H5FNO. The maximum absolute atomic E-state index is 12.3. The monoisotopic (exact) mass is 138 g/mol. The van der Waals surface area contributed by atoms with Crippen molar-refractivity contribution in [2.75, 3.05) is 0 Å². The SMILES string of the molecule is O/N=C\c1[c]c(F)ccc1. The summed E-state index contributed by atoms with van der Waals surface area (Å²) in [6.45, 7) is 0. The Labute approximate surface area is 57.6 Å². The largest absolute Gasteiger partial charge is 0.411 e. The van der Waals surface area contributed by atoms with Gasteiger partial charge in [-0.2, -0.15) is 0 Å². The van der Waals surface area contributed by atoms with E-state index in [1.54, 1.807) is 6.07 Å². The van der Waals surface area contributed by atoms with Gasteiger partial charge in [0.05, 0.1) is 6.21 Å². The maximum atomic E-state index is 12.3. The molecule has 0 fully saturated rings. The number of benzene rings is 1. The highest BCUT2D eigenvalue weighted by Crippen LogP contribution is 1.98. The normalized spacial score (nSPS) is 10.5. The minimum atomic E-state index is -0.461. The minimum Gasteiger partial charge on any atom is -0.411 e. The van der Waals surface area contributed by atoms with E-state index in [1.165, 1.54) is 12.1 Å². The summed E-state index contributed by atoms with van der Waals surface area (Å²) in [6.07, 6.45) is 1.11. The Hall–Kier alpha value is -1.38. The molecule has 1 radical (unpaired) electrons. The predicted octanol–water partition coefficient (Wildman–Crippen LogP) is 1.43. The van der Waals surface area contributed by atoms with Crippen LogP contribution in [-0.2, 0) is 0 Å². The molecule has 0 unspecified atom stereocenters. The number of hydrogen-bond donors (Lipinski definition) is 1. The second kappa shape index (κ2) is 2.96. The van der Waals surface area contributed by atoms with Crippen LogP contribution in [0.2, 0.25) is 0 Å². The summed E-state index contributed by atoms with van der Waals surface area (Å²) in [5.74, 6) is -0.461. The van der Waals surface area contributed by atoms with Crippen LogP contribution < -0.4 is 0 Å². The standard InChI is InChI=1S/C7H5FNO/c8-7-3-1-2-6(4-7)5-9-10/h1-3,5,10H/b9-5-. The van der Waals surface area contributed by atoms with Crippen molar-refractivity contribution in [3.63, 3.8) is 0 Å². The van der Waals surface area contributed by atoms with E-state index in [4.69, 9.17) is 5.21 Å². The van der Waals surface area contributed by atoms with Gasteiger partial charge in [-0.3, -0.25) is 0 Å². The van der Waals surface area contributed by atoms with E-state index in [-0.39, 0.29) is 0 Å². The van der Waals surface area contributed by atoms with Gasteiger partial charge in [-0.15, -0.1) is 0 Å². The first kappa shape index (κ1) is 6.74. The van der Waals surface area contributed by atoms with Crippen molar-refractivity contribution in [1.82, 2.24) is 0 Å². The molecule has 1 aromatic carbocycles. The van der Waals surface area contributed by atoms with Crippen molar-refractivity contribution < 1.29 is 9.60 Å². The Balaban J connectivity index is 2.95. The molecule has 10 heavy (non-hydrogen) atoms. The fraction of sp³-hybridized carbons (Fsp3) is 0. The molecule has 1 N–H and O–H groups in total. The van der Waals surface area contributed by atoms with E-state index in [0.717, 1.165) is 6.21 Å². The molecule has 0 saturated carbocycles. The van der Waals surface area contributed by atoms with Crippen LogP contribution in [0.3, 0.4) is 0 Å². The molecule has 3 heteroatoms. The average molecular weight is 138 g/mol. The summed E-state index contributed by atoms with van der Waals surface area (Å²) in [6, 6.07) is 6.71. The fourth-order valence-corrected chi connectivity index (χ4v) is 0.595. The number of halogens is 1. The van der Waals surface area contributed by atoms with Crippen molar-refractivity contribution >= 4 is 6.21 Å². The second-order valence-corrected chi connectivity index (χ2v) is 1.70. The van der Waals surface area contributed by atoms with Crippen molar-refractivity contribution in [2.24, 2.45) is 5.16 Å². The van der Waals surface area contributed by atoms with Crippen LogP contribution in [0.25, 0.3) is 0 Å². The lowest BCUT2D eigenvalue weighted by atomic mass is 10.2. The molecule has 51 valence electrons. The highest BCUT2D eigenvalue weighted by Gasteiger charge is 1.90. The van der Waals surface area contributed by atoms with Gasteiger partial charge in [0.1, 0.15) is 5.82 Å². The first-order chi connectivity index (χ1) is 4.83. The molecular weight excluding hydrogens is 133 g/mol. The molecule has 2 nitrogen and oxygen atoms in total. The molecule has 0 spiro atoms. The summed E-state index contributed by atoms with van der Waals surface area (Å²) >= 11 is 0. The molecule has 0 aliphatic heterocycles. The number of nitrogens with zero attached hydrogens (tertiary/aromatic N) is 1. The van der Waals surface area contributed by atoms with Crippen LogP contribution in [0.5, 0.6) is 0 Å². The quantitative estimate of drug-likeness (QED) is 0.355. The van der Waals surface area contributed by atoms with E-state index in [1.807, 2.05) is 0 Å². The van der Waals surface area contributed by atoms with Gasteiger partial charge in [0.2, 0.25) is 0 Å². The topological polar surface area (TPSA) is 32.6 Å². The van der Waals surface area contributed by atoms with Gasteiger partial charge in [0.15, 0.2) is 0 Å². The van der Waals surface area contributed by atoms with E-state index in [2.05, 4.69) is 11.2 Å². The molecule has 0 atom stereocenters. The summed E-state index contributed by atoms with van der Waals surface area (Å²) in [5, 5.41) is 10.8. The van der Waals surface area contributed by atoms with Gasteiger partial charge < -0.3 is 5.21 Å². The van der Waals surface area contributed by atoms with Crippen LogP contribution in [0, 0.1) is 11.9 Å². The third-order valence-electron chi connectivity index (χ3n) is 0.979. The van der Waals surface area contributed by atoms with E-state index >= 15 is 0 Å². The molecule has 0 bridgehead atoms. The molecule has 0 amide bonds. The van der Waals surface area contributed by atoms with Gasteiger partial charge in [-0.05, 0) is 6.07 Å². The van der Waals surface area contributed by atoms with Crippen molar-refractivity contribution in [3.05, 3.63) is 35.6 Å². The average Bonchev–Trinajstić information content (AvgIpc) is 1.88. The first-order valence-corrected chi connectivity index (χ1v) is 2.68. The molecule has 0 aromatic heterocycles. The van der Waals surface area contributed by atoms with Crippen LogP contribution >= 0.6 is 0 Å². The van der Waals surface area contributed by atoms with Gasteiger partial charge in [0, 0.05) is 11.6 Å². The van der Waals surface area contributed by atoms with Crippen LogP contribution in [0.4, 0.5) is 4.39 Å². The zero-order chi connectivity index (χ0) is 7.40. The smallest absolute Gasteiger partial charge is 0.131 e. The van der Waals surface area contributed by atoms with Gasteiger partial charge in [-0.1, -0.05) is 17.3 Å². The first-order valence-electron chi connectivity index (χ1n) is 2.68. The van der Waals surface area contributed by atoms with E-state index in [0.29, 0.717) is 5.56 Å². The number of oxime groups is 1. The van der Waals surface area contributed by atoms with Crippen molar-refractivity contribution in [1.29, 1.82) is 0 Å². The van der Waals surface area contributed by atoms with E-state index in [9.17, 15) is 4.39 Å². The Kier molecular flexibility index (Phi) is 1.99. The maximum Gasteiger partial charge on any atom is 0.131 e. The zero-order valence-electron chi connectivity index (χ0n) is 5.08. The second-order valence-electron chi connectivity index (χ2n) is 1.70. The lowest BCUT2D eigenvalue weighted by molar-refractivity contribution is 0.322. The van der Waals surface area contributed by atoms with Crippen LogP contribution in [0.15, 0.2) is 23.4 Å². The summed E-state index contributed by atoms with van der Waals surface area (Å²) in [7, 11) is 0. The summed E-state index contributed by atoms with van der Waals surface area (Å²) in [4.78, 5) is 0. The molecule has 0 heterocycles. The van der Waals surface area contributed by atoms with Crippen molar-refractivity contribution in [2.45, 2.75) is 0 Å². The molecule has 1 aromatic rings. The lowest BCUT2D eigenvalue weighted by Gasteiger charge is -1.88. The summed E-state index contributed by atoms with van der Waals surface area (Å²) in [5.41, 5.74) is 0.419. The van der Waals surface area contributed by atoms with Gasteiger partial charge >= 0.3 is 0 Å². The molecule has 0 saturated heterocycles. The minimum absolute atomic E-state index is 0.419. The number of rotatable bonds is 1. The Morgan fingerprint density at radius 3 is 3.00 bits per heavy atom. The highest BCUT2D eigenvalue weighted by atomic mass is 19.1. The Bertz CT molecular complexity index is 247. The number of hydrogen-bond acceptors (Lipinski definition) is 2. The van der Waals surface area contributed by atoms with Gasteiger partial charge in [0.25, 0.3) is 0 Å². The van der Waals surface area contributed by atoms with Crippen LogP contribution in [-0.4, -0.2) is 11.4 Å². The predicted molar refractivity (Wildman–Crippen MR) is 34.6 cm³/mol.